The highest BCUT2D eigenvalue weighted by Crippen LogP contribution is 2.46. The molecule has 2 aliphatic rings. The van der Waals surface area contributed by atoms with Gasteiger partial charge in [-0.2, -0.15) is 0 Å². The third-order valence-corrected chi connectivity index (χ3v) is 15.9. The van der Waals surface area contributed by atoms with Gasteiger partial charge in [-0.3, -0.25) is 9.59 Å². The molecule has 0 radical (unpaired) electrons. The molecule has 12 heteroatoms. The summed E-state index contributed by atoms with van der Waals surface area (Å²) in [6.45, 7) is 9.36. The van der Waals surface area contributed by atoms with Crippen LogP contribution in [0.15, 0.2) is 188 Å². The van der Waals surface area contributed by atoms with Crippen molar-refractivity contribution in [3.63, 3.8) is 0 Å². The number of ether oxygens (including phenoxy) is 1. The molecular formula is C67H68N8O4. The van der Waals surface area contributed by atoms with Gasteiger partial charge in [0.05, 0.1) is 59.8 Å². The van der Waals surface area contributed by atoms with Crippen molar-refractivity contribution in [1.29, 1.82) is 0 Å². The molecule has 79 heavy (non-hydrogen) atoms. The SMILES string of the molecule is COC(=O)N[C@H](C(=O)N1CCC[C@H]1c1ncc(-c2ccc(-c3ccc(-c4ccc(-c5cnc([C@@H]6CCCN6C(=O)CC(C)C)[nH]5)cc4)n3-c3ccc(C(c4ccccc4)(c4ccccc4)c4ccccc4)cc3)cc2)[nH]1)C(C)C. The molecule has 9 aromatic rings. The summed E-state index contributed by atoms with van der Waals surface area (Å²) in [4.78, 5) is 59.9. The predicted molar refractivity (Wildman–Crippen MR) is 311 cm³/mol. The summed E-state index contributed by atoms with van der Waals surface area (Å²) >= 11 is 0. The molecule has 3 N–H and O–H groups in total. The Bertz CT molecular complexity index is 3430. The standard InChI is InChI=1S/C67H68N8O4/c1-44(2)41-61(76)73-39-15-23-59(73)63-68-42-55(70-63)46-25-29-48(30-26-46)57-37-38-58(49-31-27-47(28-32-49)56-43-69-64(71-56)60-24-16-40-74(60)65(77)62(45(3)4)72-66(78)79-5)75(57)54-35-33-53(34-36-54)67(50-17-9-6-10-18-50,51-19-11-7-12-20-51)52-21-13-8-14-22-52/h6-14,17-22,25-38,42-45,59-60,62H,15-16,23-24,39-41H2,1-5H3,(H,68,70)(H,69,71)(H,72,78)/t59-,60-,62-/m0/s1. The van der Waals surface area contributed by atoms with Crippen molar-refractivity contribution in [2.45, 2.75) is 83.3 Å². The van der Waals surface area contributed by atoms with Gasteiger partial charge < -0.3 is 34.4 Å². The molecule has 0 unspecified atom stereocenters. The van der Waals surface area contributed by atoms with Gasteiger partial charge in [-0.15, -0.1) is 0 Å². The maximum atomic E-state index is 13.9. The summed E-state index contributed by atoms with van der Waals surface area (Å²) in [7, 11) is 1.30. The van der Waals surface area contributed by atoms with E-state index in [1.807, 2.05) is 36.0 Å². The van der Waals surface area contributed by atoms with Gasteiger partial charge in [0.25, 0.3) is 0 Å². The first kappa shape index (κ1) is 52.3. The van der Waals surface area contributed by atoms with Crippen molar-refractivity contribution in [2.75, 3.05) is 20.2 Å². The van der Waals surface area contributed by atoms with E-state index in [1.54, 1.807) is 0 Å². The number of carbonyl (C=O) groups is 3. The van der Waals surface area contributed by atoms with Crippen LogP contribution in [0.5, 0.6) is 0 Å². The molecule has 3 atom stereocenters. The molecule has 400 valence electrons. The highest BCUT2D eigenvalue weighted by Gasteiger charge is 2.40. The Labute approximate surface area is 462 Å². The van der Waals surface area contributed by atoms with Crippen molar-refractivity contribution in [3.05, 3.63) is 222 Å². The number of nitrogens with zero attached hydrogens (tertiary/aromatic N) is 5. The fourth-order valence-electron chi connectivity index (χ4n) is 12.0. The Morgan fingerprint density at radius 3 is 1.44 bits per heavy atom. The van der Waals surface area contributed by atoms with Crippen molar-refractivity contribution in [1.82, 2.24) is 39.6 Å². The third kappa shape index (κ3) is 10.3. The zero-order valence-corrected chi connectivity index (χ0v) is 45.6. The lowest BCUT2D eigenvalue weighted by atomic mass is 9.65. The summed E-state index contributed by atoms with van der Waals surface area (Å²) in [5.41, 5.74) is 13.0. The Balaban J connectivity index is 0.944. The number of carbonyl (C=O) groups excluding carboxylic acids is 3. The first-order valence-corrected chi connectivity index (χ1v) is 27.8. The van der Waals surface area contributed by atoms with Crippen LogP contribution in [0.3, 0.4) is 0 Å². The molecule has 0 spiro atoms. The number of benzene rings is 6. The first-order chi connectivity index (χ1) is 38.5. The molecular weight excluding hydrogens is 981 g/mol. The number of imidazole rings is 2. The Kier molecular flexibility index (Phi) is 15.0. The maximum absolute atomic E-state index is 13.9. The number of likely N-dealkylation sites (tertiary alicyclic amines) is 2. The van der Waals surface area contributed by atoms with Gasteiger partial charge in [0.2, 0.25) is 11.8 Å². The van der Waals surface area contributed by atoms with E-state index < -0.39 is 17.6 Å². The van der Waals surface area contributed by atoms with E-state index in [9.17, 15) is 14.4 Å². The molecule has 2 aliphatic heterocycles. The molecule has 0 saturated carbocycles. The number of aromatic nitrogens is 5. The Morgan fingerprint density at radius 1 is 0.570 bits per heavy atom. The Morgan fingerprint density at radius 2 is 1.00 bits per heavy atom. The fourth-order valence-corrected chi connectivity index (χ4v) is 12.0. The molecule has 6 aromatic carbocycles. The van der Waals surface area contributed by atoms with Crippen LogP contribution in [0, 0.1) is 11.8 Å². The van der Waals surface area contributed by atoms with E-state index in [4.69, 9.17) is 14.7 Å². The van der Waals surface area contributed by atoms with E-state index in [-0.39, 0.29) is 29.8 Å². The minimum atomic E-state index is -0.712. The number of aromatic amines is 2. The van der Waals surface area contributed by atoms with Crippen molar-refractivity contribution >= 4 is 17.9 Å². The van der Waals surface area contributed by atoms with Crippen molar-refractivity contribution < 1.29 is 19.1 Å². The molecule has 3 aromatic heterocycles. The van der Waals surface area contributed by atoms with Crippen LogP contribution in [0.2, 0.25) is 0 Å². The highest BCUT2D eigenvalue weighted by molar-refractivity contribution is 5.86. The third-order valence-electron chi connectivity index (χ3n) is 15.9. The summed E-state index contributed by atoms with van der Waals surface area (Å²) in [5.74, 6) is 1.78. The van der Waals surface area contributed by atoms with Gasteiger partial charge in [0.15, 0.2) is 0 Å². The number of hydrogen-bond acceptors (Lipinski definition) is 6. The summed E-state index contributed by atoms with van der Waals surface area (Å²) < 4.78 is 7.19. The van der Waals surface area contributed by atoms with Gasteiger partial charge in [-0.1, -0.05) is 179 Å². The van der Waals surface area contributed by atoms with Crippen LogP contribution < -0.4 is 5.32 Å². The van der Waals surface area contributed by atoms with Gasteiger partial charge in [0, 0.05) is 25.2 Å². The number of H-pyrrole nitrogens is 2. The largest absolute Gasteiger partial charge is 0.453 e. The second-order valence-corrected chi connectivity index (χ2v) is 21.7. The van der Waals surface area contributed by atoms with Crippen LogP contribution in [-0.2, 0) is 19.7 Å². The number of nitrogens with one attached hydrogen (secondary N) is 3. The number of amides is 3. The topological polar surface area (TPSA) is 141 Å². The monoisotopic (exact) mass is 1050 g/mol. The van der Waals surface area contributed by atoms with E-state index >= 15 is 0 Å². The smallest absolute Gasteiger partial charge is 0.407 e. The molecule has 2 saturated heterocycles. The minimum Gasteiger partial charge on any atom is -0.453 e. The average molecular weight is 1050 g/mol. The lowest BCUT2D eigenvalue weighted by Gasteiger charge is -2.37. The van der Waals surface area contributed by atoms with E-state index in [1.165, 1.54) is 23.8 Å². The number of rotatable bonds is 16. The molecule has 2 fully saturated rings. The lowest BCUT2D eigenvalue weighted by Crippen LogP contribution is -2.51. The number of methoxy groups -OCH3 is 1. The quantitative estimate of drug-likeness (QED) is 0.0823. The molecule has 0 bridgehead atoms. The van der Waals surface area contributed by atoms with Gasteiger partial charge in [-0.05, 0) is 106 Å². The average Bonchev–Trinajstić information content (AvgIpc) is 4.41. The summed E-state index contributed by atoms with van der Waals surface area (Å²) in [5, 5.41) is 2.74. The fraction of sp³-hybridized carbons (Fsp3) is 0.269. The maximum Gasteiger partial charge on any atom is 0.407 e. The van der Waals surface area contributed by atoms with Crippen molar-refractivity contribution in [2.24, 2.45) is 11.8 Å². The lowest BCUT2D eigenvalue weighted by molar-refractivity contribution is -0.135. The second-order valence-electron chi connectivity index (χ2n) is 21.7. The van der Waals surface area contributed by atoms with E-state index in [0.29, 0.717) is 18.9 Å². The van der Waals surface area contributed by atoms with Crippen molar-refractivity contribution in [3.8, 4) is 50.7 Å². The van der Waals surface area contributed by atoms with E-state index in [0.717, 1.165) is 100 Å². The molecule has 5 heterocycles. The number of alkyl carbamates (subject to hydrolysis) is 1. The molecule has 12 nitrogen and oxygen atoms in total. The van der Waals surface area contributed by atoms with Gasteiger partial charge >= 0.3 is 6.09 Å². The predicted octanol–water partition coefficient (Wildman–Crippen LogP) is 13.7. The highest BCUT2D eigenvalue weighted by atomic mass is 16.5. The van der Waals surface area contributed by atoms with Crippen LogP contribution in [0.1, 0.15) is 106 Å². The van der Waals surface area contributed by atoms with Crippen LogP contribution in [0.4, 0.5) is 4.79 Å². The number of hydrogen-bond donors (Lipinski definition) is 3. The zero-order valence-electron chi connectivity index (χ0n) is 45.6. The molecule has 0 aliphatic carbocycles. The molecule has 3 amide bonds. The summed E-state index contributed by atoms with van der Waals surface area (Å²) in [6.07, 6.45) is 7.11. The second kappa shape index (κ2) is 22.7. The van der Waals surface area contributed by atoms with Crippen LogP contribution in [0.25, 0.3) is 50.7 Å². The first-order valence-electron chi connectivity index (χ1n) is 27.8. The van der Waals surface area contributed by atoms with Gasteiger partial charge in [0.1, 0.15) is 17.7 Å². The summed E-state index contributed by atoms with van der Waals surface area (Å²) in [6, 6.07) is 62.0. The van der Waals surface area contributed by atoms with Gasteiger partial charge in [-0.25, -0.2) is 14.8 Å². The normalized spacial score (nSPS) is 15.9. The van der Waals surface area contributed by atoms with E-state index in [2.05, 4.69) is 210 Å². The Hall–Kier alpha value is -8.77. The zero-order chi connectivity index (χ0) is 54.6. The minimum absolute atomic E-state index is 0.0429. The van der Waals surface area contributed by atoms with Crippen LogP contribution >= 0.6 is 0 Å². The molecule has 11 rings (SSSR count). The van der Waals surface area contributed by atoms with Crippen LogP contribution in [-0.4, -0.2) is 78.5 Å².